The zero-order valence-electron chi connectivity index (χ0n) is 17.4. The first-order valence-corrected chi connectivity index (χ1v) is 9.88. The molecule has 0 bridgehead atoms. The number of halogens is 2. The molecule has 7 heteroatoms. The monoisotopic (exact) mass is 419 g/mol. The van der Waals surface area contributed by atoms with Crippen molar-refractivity contribution in [1.29, 1.82) is 0 Å². The zero-order valence-corrected chi connectivity index (χ0v) is 17.4. The van der Waals surface area contributed by atoms with E-state index in [-0.39, 0.29) is 30.0 Å². The molecule has 2 aromatic rings. The molecule has 1 N–H and O–H groups in total. The van der Waals surface area contributed by atoms with Crippen LogP contribution < -0.4 is 10.1 Å². The van der Waals surface area contributed by atoms with Crippen molar-refractivity contribution in [2.24, 2.45) is 0 Å². The lowest BCUT2D eigenvalue weighted by Crippen LogP contribution is -2.51. The Balaban J connectivity index is 1.90. The lowest BCUT2D eigenvalue weighted by Gasteiger charge is -2.43. The number of hydrogen-bond acceptors (Lipinski definition) is 4. The lowest BCUT2D eigenvalue weighted by molar-refractivity contribution is -0.129. The first-order valence-electron chi connectivity index (χ1n) is 9.88. The van der Waals surface area contributed by atoms with Gasteiger partial charge in [-0.2, -0.15) is 0 Å². The molecule has 2 aromatic carbocycles. The predicted molar refractivity (Wildman–Crippen MR) is 108 cm³/mol. The van der Waals surface area contributed by atoms with E-state index in [9.17, 15) is 13.6 Å². The SMILES string of the molecule is COCCC(=O)N[C@@]1(C)C[C@@H](c2ccc(F)cc2)O[C@@H](c2ccc(F)c(OC)c2)C1. The number of carbonyl (C=O) groups is 1. The van der Waals surface area contributed by atoms with Gasteiger partial charge < -0.3 is 19.5 Å². The van der Waals surface area contributed by atoms with Crippen LogP contribution in [0.2, 0.25) is 0 Å². The van der Waals surface area contributed by atoms with Crippen LogP contribution in [0.1, 0.15) is 49.5 Å². The molecular formula is C23H27F2NO4. The molecule has 3 atom stereocenters. The van der Waals surface area contributed by atoms with E-state index in [1.165, 1.54) is 25.3 Å². The Bertz CT molecular complexity index is 874. The Hall–Kier alpha value is -2.51. The summed E-state index contributed by atoms with van der Waals surface area (Å²) in [5.74, 6) is -0.770. The van der Waals surface area contributed by atoms with Crippen LogP contribution in [0.3, 0.4) is 0 Å². The molecule has 0 unspecified atom stereocenters. The highest BCUT2D eigenvalue weighted by Crippen LogP contribution is 2.44. The molecule has 1 fully saturated rings. The number of nitrogens with one attached hydrogen (secondary N) is 1. The third-order valence-corrected chi connectivity index (χ3v) is 5.36. The molecule has 30 heavy (non-hydrogen) atoms. The van der Waals surface area contributed by atoms with Gasteiger partial charge in [0.1, 0.15) is 5.82 Å². The number of rotatable bonds is 7. The van der Waals surface area contributed by atoms with Gasteiger partial charge in [-0.3, -0.25) is 4.79 Å². The molecule has 162 valence electrons. The van der Waals surface area contributed by atoms with Gasteiger partial charge in [-0.1, -0.05) is 18.2 Å². The van der Waals surface area contributed by atoms with Crippen molar-refractivity contribution in [2.75, 3.05) is 20.8 Å². The van der Waals surface area contributed by atoms with Crippen LogP contribution in [0.15, 0.2) is 42.5 Å². The molecule has 3 rings (SSSR count). The largest absolute Gasteiger partial charge is 0.494 e. The molecule has 1 aliphatic heterocycles. The zero-order chi connectivity index (χ0) is 21.7. The number of methoxy groups -OCH3 is 2. The van der Waals surface area contributed by atoms with Gasteiger partial charge >= 0.3 is 0 Å². The second-order valence-electron chi connectivity index (χ2n) is 7.82. The van der Waals surface area contributed by atoms with E-state index in [1.807, 2.05) is 6.92 Å². The predicted octanol–water partition coefficient (Wildman–Crippen LogP) is 4.48. The highest BCUT2D eigenvalue weighted by Gasteiger charge is 2.40. The van der Waals surface area contributed by atoms with Crippen LogP contribution in [-0.4, -0.2) is 32.3 Å². The quantitative estimate of drug-likeness (QED) is 0.719. The van der Waals surface area contributed by atoms with Gasteiger partial charge in [-0.05, 0) is 42.3 Å². The molecule has 0 saturated carbocycles. The van der Waals surface area contributed by atoms with Crippen LogP contribution in [0.5, 0.6) is 5.75 Å². The fourth-order valence-electron chi connectivity index (χ4n) is 3.84. The van der Waals surface area contributed by atoms with Gasteiger partial charge in [0.2, 0.25) is 5.91 Å². The summed E-state index contributed by atoms with van der Waals surface area (Å²) in [7, 11) is 2.96. The number of amides is 1. The average Bonchev–Trinajstić information content (AvgIpc) is 2.72. The van der Waals surface area contributed by atoms with Crippen molar-refractivity contribution in [3.05, 3.63) is 65.2 Å². The van der Waals surface area contributed by atoms with E-state index < -0.39 is 17.5 Å². The van der Waals surface area contributed by atoms with Gasteiger partial charge in [-0.25, -0.2) is 8.78 Å². The standard InChI is InChI=1S/C23H27F2NO4/c1-23(26-22(27)10-11-28-2)13-20(15-4-7-17(24)8-5-15)30-21(14-23)16-6-9-18(25)19(12-16)29-3/h4-9,12,20-21H,10-11,13-14H2,1-3H3,(H,26,27)/t20-,21+,23-/m0/s1. The van der Waals surface area contributed by atoms with Crippen molar-refractivity contribution in [1.82, 2.24) is 5.32 Å². The van der Waals surface area contributed by atoms with E-state index in [0.29, 0.717) is 19.4 Å². The summed E-state index contributed by atoms with van der Waals surface area (Å²) in [6, 6.07) is 10.7. The molecule has 1 aliphatic rings. The van der Waals surface area contributed by atoms with Crippen LogP contribution >= 0.6 is 0 Å². The van der Waals surface area contributed by atoms with Gasteiger partial charge in [-0.15, -0.1) is 0 Å². The van der Waals surface area contributed by atoms with E-state index in [0.717, 1.165) is 11.1 Å². The van der Waals surface area contributed by atoms with Gasteiger partial charge in [0.25, 0.3) is 0 Å². The van der Waals surface area contributed by atoms with E-state index >= 15 is 0 Å². The average molecular weight is 419 g/mol. The Kier molecular flexibility index (Phi) is 7.05. The van der Waals surface area contributed by atoms with E-state index in [2.05, 4.69) is 5.32 Å². The normalized spacial score (nSPS) is 23.8. The fraction of sp³-hybridized carbons (Fsp3) is 0.435. The lowest BCUT2D eigenvalue weighted by atomic mass is 9.81. The molecular weight excluding hydrogens is 392 g/mol. The van der Waals surface area contributed by atoms with Crippen LogP contribution in [0.25, 0.3) is 0 Å². The second kappa shape index (κ2) is 9.53. The maximum Gasteiger partial charge on any atom is 0.222 e. The number of hydrogen-bond donors (Lipinski definition) is 1. The summed E-state index contributed by atoms with van der Waals surface area (Å²) in [4.78, 5) is 12.4. The highest BCUT2D eigenvalue weighted by molar-refractivity contribution is 5.76. The summed E-state index contributed by atoms with van der Waals surface area (Å²) in [6.45, 7) is 2.29. The molecule has 5 nitrogen and oxygen atoms in total. The molecule has 0 radical (unpaired) electrons. The summed E-state index contributed by atoms with van der Waals surface area (Å²) < 4.78 is 43.7. The molecule has 0 spiro atoms. The summed E-state index contributed by atoms with van der Waals surface area (Å²) >= 11 is 0. The van der Waals surface area contributed by atoms with Crippen molar-refractivity contribution >= 4 is 5.91 Å². The van der Waals surface area contributed by atoms with Gasteiger partial charge in [0.15, 0.2) is 11.6 Å². The smallest absolute Gasteiger partial charge is 0.222 e. The maximum atomic E-state index is 13.9. The number of ether oxygens (including phenoxy) is 3. The summed E-state index contributed by atoms with van der Waals surface area (Å²) in [6.07, 6.45) is 0.497. The first kappa shape index (κ1) is 22.2. The van der Waals surface area contributed by atoms with Gasteiger partial charge in [0.05, 0.1) is 25.9 Å². The Morgan fingerprint density at radius 3 is 2.37 bits per heavy atom. The fourth-order valence-corrected chi connectivity index (χ4v) is 3.84. The Labute approximate surface area is 175 Å². The molecule has 0 aliphatic carbocycles. The molecule has 0 aromatic heterocycles. The number of carbonyl (C=O) groups excluding carboxylic acids is 1. The molecule has 1 heterocycles. The van der Waals surface area contributed by atoms with Gasteiger partial charge in [0, 0.05) is 31.9 Å². The van der Waals surface area contributed by atoms with Crippen molar-refractivity contribution < 1.29 is 27.8 Å². The summed E-state index contributed by atoms with van der Waals surface area (Å²) in [5, 5.41) is 3.10. The topological polar surface area (TPSA) is 56.8 Å². The minimum Gasteiger partial charge on any atom is -0.494 e. The van der Waals surface area contributed by atoms with E-state index in [4.69, 9.17) is 14.2 Å². The highest BCUT2D eigenvalue weighted by atomic mass is 19.1. The third-order valence-electron chi connectivity index (χ3n) is 5.36. The van der Waals surface area contributed by atoms with Crippen molar-refractivity contribution in [3.63, 3.8) is 0 Å². The Morgan fingerprint density at radius 2 is 1.73 bits per heavy atom. The van der Waals surface area contributed by atoms with Crippen LogP contribution in [0, 0.1) is 11.6 Å². The third kappa shape index (κ3) is 5.34. The molecule has 1 saturated heterocycles. The first-order chi connectivity index (χ1) is 14.3. The minimum absolute atomic E-state index is 0.116. The molecule has 1 amide bonds. The van der Waals surface area contributed by atoms with Crippen molar-refractivity contribution in [3.8, 4) is 5.75 Å². The van der Waals surface area contributed by atoms with Crippen LogP contribution in [0.4, 0.5) is 8.78 Å². The van der Waals surface area contributed by atoms with E-state index in [1.54, 1.807) is 31.4 Å². The second-order valence-corrected chi connectivity index (χ2v) is 7.82. The summed E-state index contributed by atoms with van der Waals surface area (Å²) in [5.41, 5.74) is 0.985. The number of benzene rings is 2. The maximum absolute atomic E-state index is 13.9. The van der Waals surface area contributed by atoms with Crippen molar-refractivity contribution in [2.45, 2.75) is 43.9 Å². The Morgan fingerprint density at radius 1 is 1.10 bits per heavy atom. The van der Waals surface area contributed by atoms with Crippen LogP contribution in [-0.2, 0) is 14.3 Å². The minimum atomic E-state index is -0.575.